The van der Waals surface area contributed by atoms with E-state index >= 15 is 0 Å². The highest BCUT2D eigenvalue weighted by Gasteiger charge is 2.14. The van der Waals surface area contributed by atoms with E-state index in [-0.39, 0.29) is 5.91 Å². The van der Waals surface area contributed by atoms with Crippen LogP contribution in [-0.4, -0.2) is 10.9 Å². The minimum absolute atomic E-state index is 0.160. The number of anilines is 1. The number of aryl methyl sites for hydroxylation is 1. The molecule has 120 valence electrons. The molecule has 0 fully saturated rings. The number of nitrogens with one attached hydrogen (secondary N) is 1. The number of rotatable bonds is 4. The van der Waals surface area contributed by atoms with Crippen LogP contribution in [0, 0.1) is 6.92 Å². The Hall–Kier alpha value is -2.11. The van der Waals surface area contributed by atoms with Crippen molar-refractivity contribution in [2.75, 3.05) is 5.32 Å². The Labute approximate surface area is 153 Å². The number of amides is 1. The number of hydrogen-bond acceptors (Lipinski definition) is 3. The second-order valence-electron chi connectivity index (χ2n) is 5.18. The zero-order chi connectivity index (χ0) is 16.9. The number of benzene rings is 2. The van der Waals surface area contributed by atoms with Gasteiger partial charge in [0.25, 0.3) is 5.91 Å². The predicted octanol–water partition coefficient (Wildman–Crippen LogP) is 5.56. The standard InChI is InChI=1S/C19H15BrN2OS/c1-13-12-14(20)9-10-17(13)22-18(23)16-8-5-11-21-19(16)24-15-6-3-2-4-7-15/h2-12H,1H3,(H,22,23). The lowest BCUT2D eigenvalue weighted by Crippen LogP contribution is -2.14. The van der Waals surface area contributed by atoms with E-state index in [0.29, 0.717) is 10.6 Å². The maximum atomic E-state index is 12.7. The summed E-state index contributed by atoms with van der Waals surface area (Å²) < 4.78 is 0.986. The smallest absolute Gasteiger partial charge is 0.258 e. The van der Waals surface area contributed by atoms with Crippen LogP contribution in [0.5, 0.6) is 0 Å². The van der Waals surface area contributed by atoms with E-state index < -0.39 is 0 Å². The van der Waals surface area contributed by atoms with Gasteiger partial charge in [-0.1, -0.05) is 45.9 Å². The molecule has 0 aliphatic carbocycles. The molecule has 3 nitrogen and oxygen atoms in total. The zero-order valence-electron chi connectivity index (χ0n) is 13.0. The van der Waals surface area contributed by atoms with Crippen molar-refractivity contribution in [2.24, 2.45) is 0 Å². The van der Waals surface area contributed by atoms with Crippen LogP contribution in [0.25, 0.3) is 0 Å². The molecule has 0 saturated heterocycles. The third-order valence-electron chi connectivity index (χ3n) is 3.41. The Kier molecular flexibility index (Phi) is 5.33. The summed E-state index contributed by atoms with van der Waals surface area (Å²) in [5.74, 6) is -0.160. The van der Waals surface area contributed by atoms with E-state index in [2.05, 4.69) is 26.2 Å². The first-order valence-corrected chi connectivity index (χ1v) is 9.00. The van der Waals surface area contributed by atoms with Crippen LogP contribution in [0.3, 0.4) is 0 Å². The summed E-state index contributed by atoms with van der Waals surface area (Å²) in [5, 5.41) is 3.66. The van der Waals surface area contributed by atoms with Crippen LogP contribution in [0.1, 0.15) is 15.9 Å². The monoisotopic (exact) mass is 398 g/mol. The predicted molar refractivity (Wildman–Crippen MR) is 102 cm³/mol. The van der Waals surface area contributed by atoms with Crippen molar-refractivity contribution in [3.05, 3.63) is 82.5 Å². The van der Waals surface area contributed by atoms with E-state index in [9.17, 15) is 4.79 Å². The van der Waals surface area contributed by atoms with Crippen molar-refractivity contribution in [1.29, 1.82) is 0 Å². The van der Waals surface area contributed by atoms with Gasteiger partial charge in [-0.2, -0.15) is 0 Å². The Morgan fingerprint density at radius 3 is 2.62 bits per heavy atom. The molecule has 0 atom stereocenters. The van der Waals surface area contributed by atoms with E-state index in [1.807, 2.05) is 55.5 Å². The molecule has 5 heteroatoms. The third kappa shape index (κ3) is 4.04. The molecule has 3 aromatic rings. The number of carbonyl (C=O) groups is 1. The first-order chi connectivity index (χ1) is 11.6. The molecule has 24 heavy (non-hydrogen) atoms. The Bertz CT molecular complexity index is 868. The average molecular weight is 399 g/mol. The average Bonchev–Trinajstić information content (AvgIpc) is 2.59. The summed E-state index contributed by atoms with van der Waals surface area (Å²) in [6.07, 6.45) is 1.70. The molecule has 2 aromatic carbocycles. The minimum Gasteiger partial charge on any atom is -0.322 e. The van der Waals surface area contributed by atoms with Gasteiger partial charge < -0.3 is 5.32 Å². The second-order valence-corrected chi connectivity index (χ2v) is 7.16. The lowest BCUT2D eigenvalue weighted by atomic mass is 10.2. The fourth-order valence-corrected chi connectivity index (χ4v) is 3.58. The van der Waals surface area contributed by atoms with Crippen molar-refractivity contribution in [2.45, 2.75) is 16.8 Å². The van der Waals surface area contributed by atoms with Crippen LogP contribution in [0.2, 0.25) is 0 Å². The summed E-state index contributed by atoms with van der Waals surface area (Å²) in [6.45, 7) is 1.96. The quantitative estimate of drug-likeness (QED) is 0.625. The fourth-order valence-electron chi connectivity index (χ4n) is 2.20. The molecule has 0 unspecified atom stereocenters. The largest absolute Gasteiger partial charge is 0.322 e. The summed E-state index contributed by atoms with van der Waals surface area (Å²) in [7, 11) is 0. The maximum Gasteiger partial charge on any atom is 0.258 e. The van der Waals surface area contributed by atoms with Crippen LogP contribution < -0.4 is 5.32 Å². The summed E-state index contributed by atoms with van der Waals surface area (Å²) >= 11 is 4.91. The molecule has 0 radical (unpaired) electrons. The van der Waals surface area contributed by atoms with Gasteiger partial charge in [-0.25, -0.2) is 4.98 Å². The molecule has 0 bridgehead atoms. The zero-order valence-corrected chi connectivity index (χ0v) is 15.4. The number of nitrogens with zero attached hydrogens (tertiary/aromatic N) is 1. The van der Waals surface area contributed by atoms with Crippen LogP contribution in [-0.2, 0) is 0 Å². The van der Waals surface area contributed by atoms with Crippen molar-refractivity contribution < 1.29 is 4.79 Å². The number of carbonyl (C=O) groups excluding carboxylic acids is 1. The number of halogens is 1. The molecule has 0 saturated carbocycles. The van der Waals surface area contributed by atoms with Crippen LogP contribution in [0.4, 0.5) is 5.69 Å². The molecule has 1 aromatic heterocycles. The summed E-state index contributed by atoms with van der Waals surface area (Å²) in [6, 6.07) is 19.2. The van der Waals surface area contributed by atoms with Crippen LogP contribution in [0.15, 0.2) is 81.3 Å². The Morgan fingerprint density at radius 1 is 1.08 bits per heavy atom. The molecule has 1 amide bonds. The molecule has 0 aliphatic heterocycles. The van der Waals surface area contributed by atoms with Crippen LogP contribution >= 0.6 is 27.7 Å². The van der Waals surface area contributed by atoms with E-state index in [1.165, 1.54) is 11.8 Å². The van der Waals surface area contributed by atoms with Crippen molar-refractivity contribution in [3.63, 3.8) is 0 Å². The van der Waals surface area contributed by atoms with Gasteiger partial charge in [-0.05, 0) is 55.0 Å². The van der Waals surface area contributed by atoms with Crippen molar-refractivity contribution >= 4 is 39.3 Å². The molecular formula is C19H15BrN2OS. The van der Waals surface area contributed by atoms with E-state index in [0.717, 1.165) is 20.6 Å². The third-order valence-corrected chi connectivity index (χ3v) is 4.93. The highest BCUT2D eigenvalue weighted by atomic mass is 79.9. The van der Waals surface area contributed by atoms with Gasteiger partial charge in [-0.15, -0.1) is 0 Å². The molecule has 1 N–H and O–H groups in total. The minimum atomic E-state index is -0.160. The Morgan fingerprint density at radius 2 is 1.88 bits per heavy atom. The van der Waals surface area contributed by atoms with Crippen molar-refractivity contribution in [3.8, 4) is 0 Å². The SMILES string of the molecule is Cc1cc(Br)ccc1NC(=O)c1cccnc1Sc1ccccc1. The maximum absolute atomic E-state index is 12.7. The molecular weight excluding hydrogens is 384 g/mol. The highest BCUT2D eigenvalue weighted by Crippen LogP contribution is 2.29. The van der Waals surface area contributed by atoms with E-state index in [1.54, 1.807) is 18.3 Å². The van der Waals surface area contributed by atoms with Crippen molar-refractivity contribution in [1.82, 2.24) is 4.98 Å². The molecule has 0 aliphatic rings. The van der Waals surface area contributed by atoms with Gasteiger partial charge in [-0.3, -0.25) is 4.79 Å². The van der Waals surface area contributed by atoms with Gasteiger partial charge in [0.2, 0.25) is 0 Å². The normalized spacial score (nSPS) is 10.4. The molecule has 3 rings (SSSR count). The number of hydrogen-bond donors (Lipinski definition) is 1. The number of pyridine rings is 1. The van der Waals surface area contributed by atoms with Gasteiger partial charge in [0, 0.05) is 21.3 Å². The lowest BCUT2D eigenvalue weighted by Gasteiger charge is -2.11. The first kappa shape index (κ1) is 16.7. The second kappa shape index (κ2) is 7.64. The Balaban J connectivity index is 1.85. The lowest BCUT2D eigenvalue weighted by molar-refractivity contribution is 0.102. The van der Waals surface area contributed by atoms with Gasteiger partial charge in [0.05, 0.1) is 5.56 Å². The van der Waals surface area contributed by atoms with Gasteiger partial charge in [0.15, 0.2) is 0 Å². The fraction of sp³-hybridized carbons (Fsp3) is 0.0526. The van der Waals surface area contributed by atoms with Gasteiger partial charge in [0.1, 0.15) is 5.03 Å². The first-order valence-electron chi connectivity index (χ1n) is 7.39. The number of aromatic nitrogens is 1. The topological polar surface area (TPSA) is 42.0 Å². The van der Waals surface area contributed by atoms with Gasteiger partial charge >= 0.3 is 0 Å². The summed E-state index contributed by atoms with van der Waals surface area (Å²) in [5.41, 5.74) is 2.36. The highest BCUT2D eigenvalue weighted by molar-refractivity contribution is 9.10. The molecule has 0 spiro atoms. The van der Waals surface area contributed by atoms with E-state index in [4.69, 9.17) is 0 Å². The summed E-state index contributed by atoms with van der Waals surface area (Å²) in [4.78, 5) is 18.1. The molecule has 1 heterocycles.